The molecule has 29 heavy (non-hydrogen) atoms. The molecule has 1 fully saturated rings. The van der Waals surface area contributed by atoms with Crippen LogP contribution in [-0.4, -0.2) is 46.7 Å². The molecule has 3 amide bonds. The monoisotopic (exact) mass is 436 g/mol. The number of benzene rings is 1. The maximum Gasteiger partial charge on any atom is 0.261 e. The molecule has 0 bridgehead atoms. The molecule has 4 rings (SSSR count). The molecule has 2 N–H and O–H groups in total. The van der Waals surface area contributed by atoms with Crippen LogP contribution < -0.4 is 10.6 Å². The number of pyridine rings is 1. The second-order valence-electron chi connectivity index (χ2n) is 6.83. The summed E-state index contributed by atoms with van der Waals surface area (Å²) in [5.41, 5.74) is 1.84. The fourth-order valence-corrected chi connectivity index (χ4v) is 3.49. The molecule has 154 valence electrons. The van der Waals surface area contributed by atoms with Gasteiger partial charge in [-0.3, -0.25) is 24.3 Å². The van der Waals surface area contributed by atoms with Gasteiger partial charge in [-0.05, 0) is 55.3 Å². The standard InChI is InChI=1S/C20H20N4O3.2ClH/c25-18(23-15-2-1-7-22-11-15)14-3-4-16-17(10-14)20(27)24(19(16)26)12-13-5-8-21-9-6-13;;/h3-6,8-10,15,22H,1-2,7,11-12H2,(H,23,25);2*1H. The number of fused-ring (bicyclic) bond motifs is 1. The molecule has 0 saturated carbocycles. The molecule has 1 unspecified atom stereocenters. The molecule has 0 aliphatic carbocycles. The molecule has 9 heteroatoms. The molecule has 3 heterocycles. The van der Waals surface area contributed by atoms with Gasteiger partial charge in [0.15, 0.2) is 0 Å². The fourth-order valence-electron chi connectivity index (χ4n) is 3.49. The third-order valence-corrected chi connectivity index (χ3v) is 4.96. The molecule has 1 atom stereocenters. The van der Waals surface area contributed by atoms with Gasteiger partial charge in [-0.15, -0.1) is 24.8 Å². The quantitative estimate of drug-likeness (QED) is 0.716. The molecular weight excluding hydrogens is 415 g/mol. The first-order valence-corrected chi connectivity index (χ1v) is 9.04. The minimum atomic E-state index is -0.374. The predicted molar refractivity (Wildman–Crippen MR) is 113 cm³/mol. The molecule has 1 aromatic heterocycles. The van der Waals surface area contributed by atoms with E-state index in [4.69, 9.17) is 0 Å². The van der Waals surface area contributed by atoms with Crippen molar-refractivity contribution in [1.82, 2.24) is 20.5 Å². The van der Waals surface area contributed by atoms with Crippen LogP contribution in [-0.2, 0) is 6.54 Å². The number of rotatable bonds is 4. The maximum atomic E-state index is 12.7. The minimum Gasteiger partial charge on any atom is -0.348 e. The Morgan fingerprint density at radius 3 is 2.52 bits per heavy atom. The number of hydrogen-bond acceptors (Lipinski definition) is 5. The van der Waals surface area contributed by atoms with Crippen molar-refractivity contribution in [3.8, 4) is 0 Å². The first kappa shape index (κ1) is 22.8. The van der Waals surface area contributed by atoms with E-state index in [2.05, 4.69) is 15.6 Å². The van der Waals surface area contributed by atoms with E-state index in [1.54, 1.807) is 36.7 Å². The summed E-state index contributed by atoms with van der Waals surface area (Å²) in [4.78, 5) is 43.0. The molecule has 2 aliphatic heterocycles. The van der Waals surface area contributed by atoms with Crippen molar-refractivity contribution < 1.29 is 14.4 Å². The van der Waals surface area contributed by atoms with E-state index < -0.39 is 0 Å². The van der Waals surface area contributed by atoms with E-state index in [9.17, 15) is 14.4 Å². The Hall–Kier alpha value is -2.48. The molecule has 0 radical (unpaired) electrons. The second-order valence-corrected chi connectivity index (χ2v) is 6.83. The minimum absolute atomic E-state index is 0. The molecule has 1 saturated heterocycles. The van der Waals surface area contributed by atoms with Gasteiger partial charge >= 0.3 is 0 Å². The number of imide groups is 1. The van der Waals surface area contributed by atoms with E-state index >= 15 is 0 Å². The Morgan fingerprint density at radius 1 is 1.10 bits per heavy atom. The van der Waals surface area contributed by atoms with Gasteiger partial charge in [-0.1, -0.05) is 0 Å². The van der Waals surface area contributed by atoms with Crippen LogP contribution in [0.3, 0.4) is 0 Å². The van der Waals surface area contributed by atoms with Crippen LogP contribution in [0.25, 0.3) is 0 Å². The smallest absolute Gasteiger partial charge is 0.261 e. The molecule has 2 aromatic rings. The first-order chi connectivity index (χ1) is 13.1. The summed E-state index contributed by atoms with van der Waals surface area (Å²) in [5, 5.41) is 6.24. The van der Waals surface area contributed by atoms with Gasteiger partial charge in [0.25, 0.3) is 17.7 Å². The molecule has 7 nitrogen and oxygen atoms in total. The average molecular weight is 437 g/mol. The van der Waals surface area contributed by atoms with Crippen LogP contribution >= 0.6 is 24.8 Å². The van der Waals surface area contributed by atoms with Gasteiger partial charge in [-0.2, -0.15) is 0 Å². The molecule has 2 aliphatic rings. The fraction of sp³-hybridized carbons (Fsp3) is 0.300. The van der Waals surface area contributed by atoms with Crippen molar-refractivity contribution in [1.29, 1.82) is 0 Å². The summed E-state index contributed by atoms with van der Waals surface area (Å²) < 4.78 is 0. The van der Waals surface area contributed by atoms with Crippen LogP contribution in [0.1, 0.15) is 49.5 Å². The van der Waals surface area contributed by atoms with Crippen LogP contribution in [0.4, 0.5) is 0 Å². The average Bonchev–Trinajstić information content (AvgIpc) is 2.94. The number of halogens is 2. The third-order valence-electron chi connectivity index (χ3n) is 4.96. The molecule has 0 spiro atoms. The summed E-state index contributed by atoms with van der Waals surface area (Å²) in [6.07, 6.45) is 5.19. The summed E-state index contributed by atoms with van der Waals surface area (Å²) in [5.74, 6) is -0.935. The second kappa shape index (κ2) is 9.82. The Labute approximate surface area is 181 Å². The van der Waals surface area contributed by atoms with E-state index in [1.165, 1.54) is 11.0 Å². The van der Waals surface area contributed by atoms with Crippen LogP contribution in [0.15, 0.2) is 42.7 Å². The number of nitrogens with one attached hydrogen (secondary N) is 2. The van der Waals surface area contributed by atoms with E-state index in [-0.39, 0.29) is 60.7 Å². The summed E-state index contributed by atoms with van der Waals surface area (Å²) in [7, 11) is 0. The topological polar surface area (TPSA) is 91.4 Å². The highest BCUT2D eigenvalue weighted by Gasteiger charge is 2.36. The van der Waals surface area contributed by atoms with Crippen molar-refractivity contribution >= 4 is 42.5 Å². The highest BCUT2D eigenvalue weighted by molar-refractivity contribution is 6.22. The number of hydrogen-bond donors (Lipinski definition) is 2. The summed E-state index contributed by atoms with van der Waals surface area (Å²) >= 11 is 0. The molecular formula is C20H22Cl2N4O3. The lowest BCUT2D eigenvalue weighted by molar-refractivity contribution is 0.0642. The Balaban J connectivity index is 0.00000150. The maximum absolute atomic E-state index is 12.7. The lowest BCUT2D eigenvalue weighted by Gasteiger charge is -2.23. The normalized spacial score (nSPS) is 17.8. The van der Waals surface area contributed by atoms with Crippen LogP contribution in [0.2, 0.25) is 0 Å². The van der Waals surface area contributed by atoms with Gasteiger partial charge in [0.1, 0.15) is 0 Å². The third kappa shape index (κ3) is 4.75. The van der Waals surface area contributed by atoms with E-state index in [0.29, 0.717) is 11.1 Å². The first-order valence-electron chi connectivity index (χ1n) is 9.04. The lowest BCUT2D eigenvalue weighted by atomic mass is 10.0. The van der Waals surface area contributed by atoms with Crippen molar-refractivity contribution in [2.24, 2.45) is 0 Å². The lowest BCUT2D eigenvalue weighted by Crippen LogP contribution is -2.45. The van der Waals surface area contributed by atoms with Gasteiger partial charge in [0, 0.05) is 30.5 Å². The van der Waals surface area contributed by atoms with E-state index in [0.717, 1.165) is 31.5 Å². The number of aromatic nitrogens is 1. The zero-order valence-corrected chi connectivity index (χ0v) is 17.2. The number of nitrogens with zero attached hydrogens (tertiary/aromatic N) is 2. The van der Waals surface area contributed by atoms with Crippen molar-refractivity contribution in [3.05, 3.63) is 65.0 Å². The Bertz CT molecular complexity index is 902. The SMILES string of the molecule is Cl.Cl.O=C(NC1CCCNC1)c1ccc2c(c1)C(=O)N(Cc1ccncc1)C2=O. The van der Waals surface area contributed by atoms with Gasteiger partial charge in [-0.25, -0.2) is 0 Å². The van der Waals surface area contributed by atoms with Crippen molar-refractivity contribution in [2.75, 3.05) is 13.1 Å². The van der Waals surface area contributed by atoms with Gasteiger partial charge in [0.2, 0.25) is 0 Å². The van der Waals surface area contributed by atoms with Crippen LogP contribution in [0, 0.1) is 0 Å². The predicted octanol–water partition coefficient (Wildman–Crippen LogP) is 2.20. The van der Waals surface area contributed by atoms with Crippen LogP contribution in [0.5, 0.6) is 0 Å². The highest BCUT2D eigenvalue weighted by Crippen LogP contribution is 2.25. The largest absolute Gasteiger partial charge is 0.348 e. The van der Waals surface area contributed by atoms with Gasteiger partial charge < -0.3 is 10.6 Å². The number of carbonyl (C=O) groups is 3. The van der Waals surface area contributed by atoms with Crippen molar-refractivity contribution in [3.63, 3.8) is 0 Å². The number of carbonyl (C=O) groups excluding carboxylic acids is 3. The summed E-state index contributed by atoms with van der Waals surface area (Å²) in [6.45, 7) is 1.90. The molecule has 1 aromatic carbocycles. The highest BCUT2D eigenvalue weighted by atomic mass is 35.5. The van der Waals surface area contributed by atoms with Crippen molar-refractivity contribution in [2.45, 2.75) is 25.4 Å². The Morgan fingerprint density at radius 2 is 1.83 bits per heavy atom. The van der Waals surface area contributed by atoms with Gasteiger partial charge in [0.05, 0.1) is 17.7 Å². The number of piperidine rings is 1. The number of amides is 3. The Kier molecular flexibility index (Phi) is 7.73. The van der Waals surface area contributed by atoms with E-state index in [1.807, 2.05) is 0 Å². The summed E-state index contributed by atoms with van der Waals surface area (Å²) in [6, 6.07) is 8.30. The zero-order chi connectivity index (χ0) is 18.8. The zero-order valence-electron chi connectivity index (χ0n) is 15.6.